The Morgan fingerprint density at radius 3 is 2.54 bits per heavy atom. The molecule has 3 aromatic carbocycles. The van der Waals surface area contributed by atoms with Gasteiger partial charge in [-0.15, -0.1) is 0 Å². The van der Waals surface area contributed by atoms with Crippen LogP contribution in [0.4, 0.5) is 16.2 Å². The lowest BCUT2D eigenvalue weighted by Gasteiger charge is -2.31. The van der Waals surface area contributed by atoms with E-state index in [0.29, 0.717) is 23.0 Å². The van der Waals surface area contributed by atoms with Crippen LogP contribution in [-0.4, -0.2) is 36.7 Å². The lowest BCUT2D eigenvalue weighted by molar-refractivity contribution is 0.194. The Morgan fingerprint density at radius 2 is 1.80 bits per heavy atom. The van der Waals surface area contributed by atoms with Gasteiger partial charge >= 0.3 is 6.03 Å². The standard InChI is InChI=1S/C28H27ClN4O2/c1-31(2)22-13-10-19(11-14-22)27-25-9-6-16-32(25)24-8-5-4-7-20(24)18-33(27)28(34)30-23-17-21(29)12-15-26(23)35-3/h4-17,27H,18H2,1-3H3,(H,30,34). The first-order valence-electron chi connectivity index (χ1n) is 11.4. The fraction of sp³-hybridized carbons (Fsp3) is 0.179. The quantitative estimate of drug-likeness (QED) is 0.366. The van der Waals surface area contributed by atoms with E-state index in [4.69, 9.17) is 16.3 Å². The number of methoxy groups -OCH3 is 1. The molecular weight excluding hydrogens is 460 g/mol. The van der Waals surface area contributed by atoms with Crippen LogP contribution in [0.15, 0.2) is 85.1 Å². The zero-order chi connectivity index (χ0) is 24.5. The molecule has 1 unspecified atom stereocenters. The summed E-state index contributed by atoms with van der Waals surface area (Å²) in [6.07, 6.45) is 2.05. The van der Waals surface area contributed by atoms with Gasteiger partial charge in [0.1, 0.15) is 5.75 Å². The largest absolute Gasteiger partial charge is 0.495 e. The summed E-state index contributed by atoms with van der Waals surface area (Å²) in [7, 11) is 5.60. The molecule has 7 heteroatoms. The number of urea groups is 1. The van der Waals surface area contributed by atoms with Crippen LogP contribution in [0.5, 0.6) is 5.75 Å². The second kappa shape index (κ2) is 9.39. The van der Waals surface area contributed by atoms with Crippen molar-refractivity contribution in [2.75, 3.05) is 31.4 Å². The summed E-state index contributed by atoms with van der Waals surface area (Å²) in [4.78, 5) is 17.8. The average molecular weight is 487 g/mol. The molecule has 1 N–H and O–H groups in total. The third-order valence-electron chi connectivity index (χ3n) is 6.35. The minimum Gasteiger partial charge on any atom is -0.495 e. The van der Waals surface area contributed by atoms with Crippen molar-refractivity contribution >= 4 is 29.0 Å². The molecule has 2 amide bonds. The van der Waals surface area contributed by atoms with Gasteiger partial charge < -0.3 is 24.4 Å². The van der Waals surface area contributed by atoms with E-state index < -0.39 is 0 Å². The van der Waals surface area contributed by atoms with Gasteiger partial charge in [-0.3, -0.25) is 0 Å². The fourth-order valence-corrected chi connectivity index (χ4v) is 4.78. The van der Waals surface area contributed by atoms with Crippen LogP contribution < -0.4 is 15.0 Å². The molecular formula is C28H27ClN4O2. The molecule has 0 radical (unpaired) electrons. The van der Waals surface area contributed by atoms with Crippen LogP contribution >= 0.6 is 11.6 Å². The number of para-hydroxylation sites is 1. The molecule has 6 nitrogen and oxygen atoms in total. The molecule has 1 aromatic heterocycles. The SMILES string of the molecule is COc1ccc(Cl)cc1NC(=O)N1Cc2ccccc2-n2cccc2C1c1ccc(N(C)C)cc1. The molecule has 1 aliphatic heterocycles. The Morgan fingerprint density at radius 1 is 1.03 bits per heavy atom. The van der Waals surface area contributed by atoms with Crippen molar-refractivity contribution < 1.29 is 9.53 Å². The summed E-state index contributed by atoms with van der Waals surface area (Å²) in [6, 6.07) is 25.3. The highest BCUT2D eigenvalue weighted by atomic mass is 35.5. The fourth-order valence-electron chi connectivity index (χ4n) is 4.61. The van der Waals surface area contributed by atoms with Crippen LogP contribution in [0.25, 0.3) is 5.69 Å². The van der Waals surface area contributed by atoms with E-state index >= 15 is 0 Å². The average Bonchev–Trinajstić information content (AvgIpc) is 3.28. The van der Waals surface area contributed by atoms with Crippen molar-refractivity contribution in [2.24, 2.45) is 0 Å². The molecule has 1 aliphatic rings. The number of nitrogens with zero attached hydrogens (tertiary/aromatic N) is 3. The maximum absolute atomic E-state index is 13.9. The number of ether oxygens (including phenoxy) is 1. The van der Waals surface area contributed by atoms with E-state index in [0.717, 1.165) is 28.2 Å². The molecule has 0 saturated carbocycles. The number of halogens is 1. The van der Waals surface area contributed by atoms with Gasteiger partial charge in [0.05, 0.1) is 31.1 Å². The van der Waals surface area contributed by atoms with Crippen LogP contribution in [0.2, 0.25) is 5.02 Å². The third-order valence-corrected chi connectivity index (χ3v) is 6.59. The Balaban J connectivity index is 1.62. The molecule has 178 valence electrons. The number of benzene rings is 3. The van der Waals surface area contributed by atoms with Crippen molar-refractivity contribution in [3.8, 4) is 11.4 Å². The highest BCUT2D eigenvalue weighted by Crippen LogP contribution is 2.38. The lowest BCUT2D eigenvalue weighted by atomic mass is 10.0. The highest BCUT2D eigenvalue weighted by molar-refractivity contribution is 6.31. The summed E-state index contributed by atoms with van der Waals surface area (Å²) in [5, 5.41) is 3.56. The smallest absolute Gasteiger partial charge is 0.323 e. The summed E-state index contributed by atoms with van der Waals surface area (Å²) < 4.78 is 7.63. The summed E-state index contributed by atoms with van der Waals surface area (Å²) in [6.45, 7) is 0.437. The van der Waals surface area contributed by atoms with Gasteiger partial charge in [-0.2, -0.15) is 0 Å². The summed E-state index contributed by atoms with van der Waals surface area (Å²) in [5.74, 6) is 0.549. The molecule has 0 bridgehead atoms. The number of rotatable bonds is 4. The Bertz CT molecular complexity index is 1360. The normalized spacial score (nSPS) is 14.5. The van der Waals surface area contributed by atoms with E-state index in [2.05, 4.69) is 63.4 Å². The highest BCUT2D eigenvalue weighted by Gasteiger charge is 2.33. The van der Waals surface area contributed by atoms with Gasteiger partial charge in [0.2, 0.25) is 0 Å². The van der Waals surface area contributed by atoms with Gasteiger partial charge in [-0.25, -0.2) is 4.79 Å². The first-order valence-corrected chi connectivity index (χ1v) is 11.8. The maximum atomic E-state index is 13.9. The molecule has 1 atom stereocenters. The molecule has 35 heavy (non-hydrogen) atoms. The molecule has 0 saturated heterocycles. The number of hydrogen-bond acceptors (Lipinski definition) is 3. The number of anilines is 2. The summed E-state index contributed by atoms with van der Waals surface area (Å²) in [5.41, 5.74) is 5.79. The van der Waals surface area contributed by atoms with E-state index in [-0.39, 0.29) is 12.1 Å². The number of aromatic nitrogens is 1. The number of carbonyl (C=O) groups is 1. The minimum absolute atomic E-state index is 0.239. The third kappa shape index (κ3) is 4.33. The Labute approximate surface area is 210 Å². The van der Waals surface area contributed by atoms with Gasteiger partial charge in [0.15, 0.2) is 0 Å². The van der Waals surface area contributed by atoms with Crippen LogP contribution in [0.1, 0.15) is 22.9 Å². The zero-order valence-electron chi connectivity index (χ0n) is 19.9. The first-order chi connectivity index (χ1) is 17.0. The number of hydrogen-bond donors (Lipinski definition) is 1. The molecule has 0 spiro atoms. The topological polar surface area (TPSA) is 49.7 Å². The van der Waals surface area contributed by atoms with Crippen LogP contribution in [0.3, 0.4) is 0 Å². The minimum atomic E-state index is -0.307. The van der Waals surface area contributed by atoms with Gasteiger partial charge in [0, 0.05) is 36.7 Å². The molecule has 5 rings (SSSR count). The zero-order valence-corrected chi connectivity index (χ0v) is 20.7. The van der Waals surface area contributed by atoms with Gasteiger partial charge in [-0.1, -0.05) is 41.9 Å². The van der Waals surface area contributed by atoms with Crippen molar-refractivity contribution in [2.45, 2.75) is 12.6 Å². The van der Waals surface area contributed by atoms with Crippen molar-refractivity contribution in [1.29, 1.82) is 0 Å². The number of nitrogens with one attached hydrogen (secondary N) is 1. The second-order valence-electron chi connectivity index (χ2n) is 8.72. The van der Waals surface area contributed by atoms with Gasteiger partial charge in [0.25, 0.3) is 0 Å². The van der Waals surface area contributed by atoms with E-state index in [1.165, 1.54) is 0 Å². The summed E-state index contributed by atoms with van der Waals surface area (Å²) >= 11 is 6.23. The first kappa shape index (κ1) is 22.9. The molecule has 4 aromatic rings. The lowest BCUT2D eigenvalue weighted by Crippen LogP contribution is -2.38. The predicted molar refractivity (Wildman–Crippen MR) is 141 cm³/mol. The number of fused-ring (bicyclic) bond motifs is 3. The number of carbonyl (C=O) groups excluding carboxylic acids is 1. The van der Waals surface area contributed by atoms with E-state index in [1.54, 1.807) is 25.3 Å². The molecule has 0 fully saturated rings. The maximum Gasteiger partial charge on any atom is 0.323 e. The van der Waals surface area contributed by atoms with E-state index in [9.17, 15) is 4.79 Å². The second-order valence-corrected chi connectivity index (χ2v) is 9.16. The molecule has 2 heterocycles. The van der Waals surface area contributed by atoms with Crippen LogP contribution in [0, 0.1) is 0 Å². The van der Waals surface area contributed by atoms with Crippen molar-refractivity contribution in [3.05, 3.63) is 107 Å². The Kier molecular flexibility index (Phi) is 6.14. The predicted octanol–water partition coefficient (Wildman–Crippen LogP) is 6.34. The monoisotopic (exact) mass is 486 g/mol. The van der Waals surface area contributed by atoms with Gasteiger partial charge in [-0.05, 0) is 59.7 Å². The number of amides is 2. The molecule has 0 aliphatic carbocycles. The van der Waals surface area contributed by atoms with Crippen LogP contribution in [-0.2, 0) is 6.54 Å². The van der Waals surface area contributed by atoms with Crippen molar-refractivity contribution in [3.63, 3.8) is 0 Å². The van der Waals surface area contributed by atoms with Crippen molar-refractivity contribution in [1.82, 2.24) is 9.47 Å². The van der Waals surface area contributed by atoms with E-state index in [1.807, 2.05) is 37.2 Å². The Hall–Kier alpha value is -3.90.